The minimum absolute atomic E-state index is 0.377. The molecule has 1 heterocycles. The van der Waals surface area contributed by atoms with Gasteiger partial charge in [-0.25, -0.2) is 0 Å². The summed E-state index contributed by atoms with van der Waals surface area (Å²) >= 11 is 0. The monoisotopic (exact) mass is 286 g/mol. The van der Waals surface area contributed by atoms with E-state index in [4.69, 9.17) is 5.73 Å². The Morgan fingerprint density at radius 2 is 2.05 bits per heavy atom. The first-order valence-corrected chi connectivity index (χ1v) is 8.53. The molecule has 3 atom stereocenters. The van der Waals surface area contributed by atoms with Crippen LogP contribution in [0.1, 0.15) is 45.6 Å². The van der Waals surface area contributed by atoms with Gasteiger partial charge < -0.3 is 10.6 Å². The zero-order chi connectivity index (χ0) is 15.0. The van der Waals surface area contributed by atoms with Gasteiger partial charge in [-0.1, -0.05) is 39.0 Å². The lowest BCUT2D eigenvalue weighted by atomic mass is 9.70. The Labute approximate surface area is 129 Å². The molecule has 0 amide bonds. The van der Waals surface area contributed by atoms with E-state index in [-0.39, 0.29) is 0 Å². The second-order valence-electron chi connectivity index (χ2n) is 8.17. The fourth-order valence-corrected chi connectivity index (χ4v) is 4.32. The first kappa shape index (κ1) is 14.9. The second kappa shape index (κ2) is 5.64. The number of hydrogen-bond donors (Lipinski definition) is 1. The normalized spacial score (nSPS) is 31.8. The Hall–Kier alpha value is -1.02. The van der Waals surface area contributed by atoms with Crippen molar-refractivity contribution in [2.24, 2.45) is 23.0 Å². The number of para-hydroxylation sites is 1. The van der Waals surface area contributed by atoms with Crippen LogP contribution in [0.3, 0.4) is 0 Å². The lowest BCUT2D eigenvalue weighted by Gasteiger charge is -2.44. The van der Waals surface area contributed by atoms with Crippen molar-refractivity contribution in [2.45, 2.75) is 52.5 Å². The second-order valence-corrected chi connectivity index (χ2v) is 8.17. The van der Waals surface area contributed by atoms with Crippen molar-refractivity contribution >= 4 is 5.69 Å². The summed E-state index contributed by atoms with van der Waals surface area (Å²) in [6, 6.07) is 9.31. The van der Waals surface area contributed by atoms with Gasteiger partial charge in [0.25, 0.3) is 0 Å². The van der Waals surface area contributed by atoms with Gasteiger partial charge >= 0.3 is 0 Å². The number of fused-ring (bicyclic) bond motifs is 1. The fourth-order valence-electron chi connectivity index (χ4n) is 4.32. The van der Waals surface area contributed by atoms with E-state index >= 15 is 0 Å². The number of nitrogens with two attached hydrogens (primary N) is 1. The van der Waals surface area contributed by atoms with Gasteiger partial charge in [0.1, 0.15) is 0 Å². The molecule has 0 radical (unpaired) electrons. The summed E-state index contributed by atoms with van der Waals surface area (Å²) in [5, 5.41) is 0. The quantitative estimate of drug-likeness (QED) is 0.895. The lowest BCUT2D eigenvalue weighted by molar-refractivity contribution is 0.159. The SMILES string of the molecule is CC1Cc2ccccc2N(CC2CC(C)(C)CCC2N)C1. The third kappa shape index (κ3) is 3.26. The van der Waals surface area contributed by atoms with Crippen LogP contribution in [0.25, 0.3) is 0 Å². The lowest BCUT2D eigenvalue weighted by Crippen LogP contribution is -2.47. The van der Waals surface area contributed by atoms with Crippen molar-refractivity contribution in [1.29, 1.82) is 0 Å². The van der Waals surface area contributed by atoms with Crippen LogP contribution in [0.4, 0.5) is 5.69 Å². The van der Waals surface area contributed by atoms with Crippen LogP contribution < -0.4 is 10.6 Å². The first-order valence-electron chi connectivity index (χ1n) is 8.53. The minimum atomic E-state index is 0.377. The average molecular weight is 286 g/mol. The highest BCUT2D eigenvalue weighted by Gasteiger charge is 2.35. The Bertz CT molecular complexity index is 494. The Kier molecular flexibility index (Phi) is 4.00. The van der Waals surface area contributed by atoms with Crippen molar-refractivity contribution in [3.63, 3.8) is 0 Å². The van der Waals surface area contributed by atoms with Crippen molar-refractivity contribution in [1.82, 2.24) is 0 Å². The molecule has 3 unspecified atom stereocenters. The van der Waals surface area contributed by atoms with Gasteiger partial charge in [0.05, 0.1) is 0 Å². The molecule has 1 saturated carbocycles. The summed E-state index contributed by atoms with van der Waals surface area (Å²) < 4.78 is 0. The summed E-state index contributed by atoms with van der Waals surface area (Å²) in [6.07, 6.45) is 4.94. The molecule has 2 aliphatic rings. The third-order valence-electron chi connectivity index (χ3n) is 5.46. The molecule has 0 bridgehead atoms. The van der Waals surface area contributed by atoms with Gasteiger partial charge in [0.15, 0.2) is 0 Å². The number of benzene rings is 1. The highest BCUT2D eigenvalue weighted by atomic mass is 15.1. The number of nitrogens with zero attached hydrogens (tertiary/aromatic N) is 1. The van der Waals surface area contributed by atoms with Crippen LogP contribution in [0, 0.1) is 17.3 Å². The molecule has 116 valence electrons. The fraction of sp³-hybridized carbons (Fsp3) is 0.684. The van der Waals surface area contributed by atoms with Crippen LogP contribution in [0.5, 0.6) is 0 Å². The average Bonchev–Trinajstić information content (AvgIpc) is 2.42. The summed E-state index contributed by atoms with van der Waals surface area (Å²) in [5.74, 6) is 1.37. The number of rotatable bonds is 2. The molecule has 1 fully saturated rings. The molecule has 2 heteroatoms. The van der Waals surface area contributed by atoms with E-state index in [9.17, 15) is 0 Å². The Balaban J connectivity index is 1.78. The highest BCUT2D eigenvalue weighted by Crippen LogP contribution is 2.39. The number of anilines is 1. The van der Waals surface area contributed by atoms with E-state index < -0.39 is 0 Å². The molecule has 3 rings (SSSR count). The molecule has 1 aliphatic heterocycles. The van der Waals surface area contributed by atoms with Crippen molar-refractivity contribution < 1.29 is 0 Å². The summed E-state index contributed by atoms with van der Waals surface area (Å²) in [7, 11) is 0. The third-order valence-corrected chi connectivity index (χ3v) is 5.46. The molecule has 1 aliphatic carbocycles. The summed E-state index contributed by atoms with van der Waals surface area (Å²) in [5.41, 5.74) is 9.87. The van der Waals surface area contributed by atoms with E-state index in [1.807, 2.05) is 0 Å². The predicted octanol–water partition coefficient (Wildman–Crippen LogP) is 3.84. The van der Waals surface area contributed by atoms with Crippen molar-refractivity contribution in [2.75, 3.05) is 18.0 Å². The van der Waals surface area contributed by atoms with E-state index in [0.717, 1.165) is 12.5 Å². The zero-order valence-electron chi connectivity index (χ0n) is 13.8. The Morgan fingerprint density at radius 1 is 1.29 bits per heavy atom. The minimum Gasteiger partial charge on any atom is -0.371 e. The molecule has 0 spiro atoms. The predicted molar refractivity (Wildman–Crippen MR) is 90.6 cm³/mol. The first-order chi connectivity index (χ1) is 9.94. The molecule has 1 aromatic carbocycles. The van der Waals surface area contributed by atoms with Gasteiger partial charge in [-0.2, -0.15) is 0 Å². The Morgan fingerprint density at radius 3 is 2.86 bits per heavy atom. The molecule has 2 nitrogen and oxygen atoms in total. The van der Waals surface area contributed by atoms with E-state index in [2.05, 4.69) is 49.9 Å². The van der Waals surface area contributed by atoms with Crippen LogP contribution >= 0.6 is 0 Å². The maximum absolute atomic E-state index is 6.45. The topological polar surface area (TPSA) is 29.3 Å². The molecule has 1 aromatic rings. The standard InChI is InChI=1S/C19H30N2/c1-14-10-15-6-4-5-7-18(15)21(12-14)13-16-11-19(2,3)9-8-17(16)20/h4-7,14,16-17H,8-13,20H2,1-3H3. The van der Waals surface area contributed by atoms with E-state index in [1.54, 1.807) is 0 Å². The van der Waals surface area contributed by atoms with Crippen LogP contribution in [-0.2, 0) is 6.42 Å². The van der Waals surface area contributed by atoms with Crippen molar-refractivity contribution in [3.05, 3.63) is 29.8 Å². The highest BCUT2D eigenvalue weighted by molar-refractivity contribution is 5.55. The van der Waals surface area contributed by atoms with Gasteiger partial charge in [0.2, 0.25) is 0 Å². The zero-order valence-corrected chi connectivity index (χ0v) is 13.8. The molecule has 0 saturated heterocycles. The smallest absolute Gasteiger partial charge is 0.0399 e. The molecular formula is C19H30N2. The number of hydrogen-bond acceptors (Lipinski definition) is 2. The molecule has 0 aromatic heterocycles. The largest absolute Gasteiger partial charge is 0.371 e. The summed E-state index contributed by atoms with van der Waals surface area (Å²) in [4.78, 5) is 2.61. The molecule has 21 heavy (non-hydrogen) atoms. The van der Waals surface area contributed by atoms with Gasteiger partial charge in [-0.15, -0.1) is 0 Å². The maximum atomic E-state index is 6.45. The van der Waals surface area contributed by atoms with Crippen LogP contribution in [-0.4, -0.2) is 19.1 Å². The van der Waals surface area contributed by atoms with Crippen LogP contribution in [0.15, 0.2) is 24.3 Å². The molecule has 2 N–H and O–H groups in total. The van der Waals surface area contributed by atoms with E-state index in [1.165, 1.54) is 43.5 Å². The van der Waals surface area contributed by atoms with Gasteiger partial charge in [0, 0.05) is 24.8 Å². The summed E-state index contributed by atoms with van der Waals surface area (Å²) in [6.45, 7) is 9.48. The van der Waals surface area contributed by atoms with Gasteiger partial charge in [-0.05, 0) is 54.6 Å². The van der Waals surface area contributed by atoms with Crippen molar-refractivity contribution in [3.8, 4) is 0 Å². The maximum Gasteiger partial charge on any atom is 0.0399 e. The van der Waals surface area contributed by atoms with E-state index in [0.29, 0.717) is 17.4 Å². The van der Waals surface area contributed by atoms with Gasteiger partial charge in [-0.3, -0.25) is 0 Å². The van der Waals surface area contributed by atoms with Crippen LogP contribution in [0.2, 0.25) is 0 Å². The molecular weight excluding hydrogens is 256 g/mol.